The number of hydrogen-bond acceptors (Lipinski definition) is 5. The number of ether oxygens (including phenoxy) is 3. The molecule has 1 aliphatic rings. The van der Waals surface area contributed by atoms with Gasteiger partial charge in [0.1, 0.15) is 13.2 Å². The summed E-state index contributed by atoms with van der Waals surface area (Å²) in [6.45, 7) is 6.73. The van der Waals surface area contributed by atoms with Crippen molar-refractivity contribution in [2.75, 3.05) is 33.5 Å². The van der Waals surface area contributed by atoms with Crippen molar-refractivity contribution in [3.8, 4) is 17.2 Å². The average molecular weight is 281 g/mol. The largest absolute Gasteiger partial charge is 0.493 e. The number of aliphatic hydroxyl groups is 1. The van der Waals surface area contributed by atoms with Crippen LogP contribution >= 0.6 is 0 Å². The molecule has 5 nitrogen and oxygen atoms in total. The van der Waals surface area contributed by atoms with Gasteiger partial charge < -0.3 is 24.6 Å². The summed E-state index contributed by atoms with van der Waals surface area (Å²) < 4.78 is 16.5. The molecule has 2 rings (SSSR count). The average Bonchev–Trinajstić information content (AvgIpc) is 2.46. The minimum absolute atomic E-state index is 0.127. The maximum Gasteiger partial charge on any atom is 0.203 e. The van der Waals surface area contributed by atoms with Gasteiger partial charge in [0.15, 0.2) is 11.5 Å². The number of nitrogens with one attached hydrogen (secondary N) is 1. The van der Waals surface area contributed by atoms with Crippen LogP contribution in [0, 0.1) is 5.41 Å². The maximum absolute atomic E-state index is 9.23. The lowest BCUT2D eigenvalue weighted by atomic mass is 9.95. The molecule has 0 aromatic heterocycles. The molecule has 0 spiro atoms. The SMILES string of the molecule is COc1cc(CNCC(C)(C)CO)cc2c1OCCO2. The number of hydrogen-bond donors (Lipinski definition) is 2. The Morgan fingerprint density at radius 2 is 2.05 bits per heavy atom. The van der Waals surface area contributed by atoms with Crippen molar-refractivity contribution in [3.05, 3.63) is 17.7 Å². The van der Waals surface area contributed by atoms with Crippen LogP contribution in [0.3, 0.4) is 0 Å². The highest BCUT2D eigenvalue weighted by Gasteiger charge is 2.19. The quantitative estimate of drug-likeness (QED) is 0.829. The molecule has 0 aliphatic carbocycles. The highest BCUT2D eigenvalue weighted by Crippen LogP contribution is 2.40. The molecule has 0 atom stereocenters. The molecule has 0 fully saturated rings. The van der Waals surface area contributed by atoms with E-state index in [-0.39, 0.29) is 12.0 Å². The van der Waals surface area contributed by atoms with Crippen molar-refractivity contribution in [2.24, 2.45) is 5.41 Å². The zero-order chi connectivity index (χ0) is 14.6. The summed E-state index contributed by atoms with van der Waals surface area (Å²) in [6.07, 6.45) is 0. The summed E-state index contributed by atoms with van der Waals surface area (Å²) in [4.78, 5) is 0. The minimum atomic E-state index is -0.127. The molecule has 20 heavy (non-hydrogen) atoms. The summed E-state index contributed by atoms with van der Waals surface area (Å²) in [7, 11) is 1.62. The second kappa shape index (κ2) is 6.33. The molecule has 0 saturated carbocycles. The monoisotopic (exact) mass is 281 g/mol. The molecular formula is C15H23NO4. The van der Waals surface area contributed by atoms with Crippen molar-refractivity contribution in [3.63, 3.8) is 0 Å². The summed E-state index contributed by atoms with van der Waals surface area (Å²) in [5.74, 6) is 2.10. The van der Waals surface area contributed by atoms with Gasteiger partial charge >= 0.3 is 0 Å². The van der Waals surface area contributed by atoms with E-state index in [1.807, 2.05) is 26.0 Å². The Labute approximate surface area is 119 Å². The van der Waals surface area contributed by atoms with Gasteiger partial charge in [-0.15, -0.1) is 0 Å². The van der Waals surface area contributed by atoms with Gasteiger partial charge in [0, 0.05) is 25.1 Å². The number of fused-ring (bicyclic) bond motifs is 1. The first-order valence-electron chi connectivity index (χ1n) is 6.84. The van der Waals surface area contributed by atoms with Crippen LogP contribution < -0.4 is 19.5 Å². The Hall–Kier alpha value is -1.46. The van der Waals surface area contributed by atoms with E-state index < -0.39 is 0 Å². The fraction of sp³-hybridized carbons (Fsp3) is 0.600. The zero-order valence-corrected chi connectivity index (χ0v) is 12.4. The Balaban J connectivity index is 2.05. The van der Waals surface area contributed by atoms with E-state index in [1.165, 1.54) is 0 Å². The predicted octanol–water partition coefficient (Wildman–Crippen LogP) is 1.57. The van der Waals surface area contributed by atoms with Crippen LogP contribution in [-0.4, -0.2) is 38.6 Å². The van der Waals surface area contributed by atoms with E-state index in [0.717, 1.165) is 17.9 Å². The van der Waals surface area contributed by atoms with E-state index in [2.05, 4.69) is 5.32 Å². The molecule has 1 aromatic rings. The second-order valence-electron chi connectivity index (χ2n) is 5.75. The Morgan fingerprint density at radius 3 is 2.75 bits per heavy atom. The third kappa shape index (κ3) is 3.55. The van der Waals surface area contributed by atoms with Gasteiger partial charge in [-0.2, -0.15) is 0 Å². The van der Waals surface area contributed by atoms with Gasteiger partial charge in [-0.1, -0.05) is 13.8 Å². The standard InChI is InChI=1S/C15H23NO4/c1-15(2,10-17)9-16-8-11-6-12(18-3)14-13(7-11)19-4-5-20-14/h6-7,16-17H,4-5,8-10H2,1-3H3. The normalized spacial score (nSPS) is 14.2. The third-order valence-corrected chi connectivity index (χ3v) is 3.25. The molecule has 112 valence electrons. The lowest BCUT2D eigenvalue weighted by molar-refractivity contribution is 0.156. The topological polar surface area (TPSA) is 60.0 Å². The fourth-order valence-corrected chi connectivity index (χ4v) is 2.03. The maximum atomic E-state index is 9.23. The van der Waals surface area contributed by atoms with E-state index in [0.29, 0.717) is 31.3 Å². The van der Waals surface area contributed by atoms with Crippen LogP contribution in [-0.2, 0) is 6.54 Å². The Kier molecular flexibility index (Phi) is 4.73. The first-order valence-corrected chi connectivity index (χ1v) is 6.84. The van der Waals surface area contributed by atoms with Gasteiger partial charge in [-0.05, 0) is 17.7 Å². The zero-order valence-electron chi connectivity index (χ0n) is 12.4. The van der Waals surface area contributed by atoms with Crippen molar-refractivity contribution < 1.29 is 19.3 Å². The highest BCUT2D eigenvalue weighted by atomic mass is 16.6. The summed E-state index contributed by atoms with van der Waals surface area (Å²) in [5, 5.41) is 12.6. The van der Waals surface area contributed by atoms with Gasteiger partial charge in [-0.3, -0.25) is 0 Å². The van der Waals surface area contributed by atoms with E-state index in [9.17, 15) is 5.11 Å². The lowest BCUT2D eigenvalue weighted by Crippen LogP contribution is -2.31. The molecule has 0 radical (unpaired) electrons. The molecule has 0 bridgehead atoms. The highest BCUT2D eigenvalue weighted by molar-refractivity contribution is 5.54. The minimum Gasteiger partial charge on any atom is -0.493 e. The van der Waals surface area contributed by atoms with Gasteiger partial charge in [0.25, 0.3) is 0 Å². The Bertz CT molecular complexity index is 442. The fourth-order valence-electron chi connectivity index (χ4n) is 2.03. The molecule has 5 heteroatoms. The van der Waals surface area contributed by atoms with Crippen molar-refractivity contribution in [1.82, 2.24) is 5.32 Å². The molecule has 1 heterocycles. The number of aliphatic hydroxyl groups excluding tert-OH is 1. The van der Waals surface area contributed by atoms with Crippen molar-refractivity contribution in [2.45, 2.75) is 20.4 Å². The van der Waals surface area contributed by atoms with Gasteiger partial charge in [-0.25, -0.2) is 0 Å². The second-order valence-corrected chi connectivity index (χ2v) is 5.75. The molecule has 1 aliphatic heterocycles. The van der Waals surface area contributed by atoms with Crippen LogP contribution in [0.1, 0.15) is 19.4 Å². The molecule has 0 saturated heterocycles. The summed E-state index contributed by atoms with van der Waals surface area (Å²) >= 11 is 0. The van der Waals surface area contributed by atoms with Crippen LogP contribution in [0.5, 0.6) is 17.2 Å². The summed E-state index contributed by atoms with van der Waals surface area (Å²) in [6, 6.07) is 3.92. The van der Waals surface area contributed by atoms with E-state index in [4.69, 9.17) is 14.2 Å². The van der Waals surface area contributed by atoms with Gasteiger partial charge in [0.2, 0.25) is 5.75 Å². The van der Waals surface area contributed by atoms with Crippen LogP contribution in [0.15, 0.2) is 12.1 Å². The number of benzene rings is 1. The molecule has 0 amide bonds. The van der Waals surface area contributed by atoms with Crippen LogP contribution in [0.4, 0.5) is 0 Å². The van der Waals surface area contributed by atoms with Crippen LogP contribution in [0.25, 0.3) is 0 Å². The first-order chi connectivity index (χ1) is 9.55. The smallest absolute Gasteiger partial charge is 0.203 e. The molecule has 1 aromatic carbocycles. The Morgan fingerprint density at radius 1 is 1.30 bits per heavy atom. The summed E-state index contributed by atoms with van der Waals surface area (Å²) in [5.41, 5.74) is 0.942. The number of methoxy groups -OCH3 is 1. The molecule has 0 unspecified atom stereocenters. The van der Waals surface area contributed by atoms with Gasteiger partial charge in [0.05, 0.1) is 7.11 Å². The van der Waals surface area contributed by atoms with E-state index >= 15 is 0 Å². The third-order valence-electron chi connectivity index (χ3n) is 3.25. The predicted molar refractivity (Wildman–Crippen MR) is 76.6 cm³/mol. The first kappa shape index (κ1) is 14.9. The molecule has 2 N–H and O–H groups in total. The van der Waals surface area contributed by atoms with E-state index in [1.54, 1.807) is 7.11 Å². The molecular weight excluding hydrogens is 258 g/mol. The lowest BCUT2D eigenvalue weighted by Gasteiger charge is -2.23. The van der Waals surface area contributed by atoms with Crippen molar-refractivity contribution >= 4 is 0 Å². The van der Waals surface area contributed by atoms with Crippen molar-refractivity contribution in [1.29, 1.82) is 0 Å². The number of rotatable bonds is 6. The van der Waals surface area contributed by atoms with Crippen LogP contribution in [0.2, 0.25) is 0 Å².